The average Bonchev–Trinajstić information content (AvgIpc) is 3.42. The lowest BCUT2D eigenvalue weighted by Gasteiger charge is -2.34. The smallest absolute Gasteiger partial charge is 0.284 e. The topological polar surface area (TPSA) is 72.3 Å². The molecular formula is C24H20BrN3O3S2. The number of fused-ring (bicyclic) bond motifs is 3. The Labute approximate surface area is 204 Å². The Hall–Kier alpha value is -2.49. The van der Waals surface area contributed by atoms with Crippen molar-refractivity contribution < 1.29 is 13.2 Å². The van der Waals surface area contributed by atoms with Crippen LogP contribution in [0, 0.1) is 0 Å². The third-order valence-electron chi connectivity index (χ3n) is 6.55. The van der Waals surface area contributed by atoms with Crippen molar-refractivity contribution in [1.82, 2.24) is 9.19 Å². The van der Waals surface area contributed by atoms with E-state index < -0.39 is 10.0 Å². The van der Waals surface area contributed by atoms with Gasteiger partial charge in [0.05, 0.1) is 14.1 Å². The molecule has 2 aromatic carbocycles. The van der Waals surface area contributed by atoms with Crippen LogP contribution in [0.4, 0.5) is 5.82 Å². The second-order valence-corrected chi connectivity index (χ2v) is 12.6. The van der Waals surface area contributed by atoms with E-state index in [0.29, 0.717) is 23.5 Å². The Kier molecular flexibility index (Phi) is 4.97. The van der Waals surface area contributed by atoms with Gasteiger partial charge in [-0.05, 0) is 46.5 Å². The van der Waals surface area contributed by atoms with Gasteiger partial charge in [0.1, 0.15) is 10.6 Å². The SMILES string of the molecule is O=C1CC2CCC(C1)N2c1nn(S(=O)(=O)c2ccccc2)c2sc(Br)c(-c3ccccc3)c12. The fraction of sp³-hybridized carbons (Fsp3) is 0.250. The van der Waals surface area contributed by atoms with E-state index in [0.717, 1.165) is 33.1 Å². The van der Waals surface area contributed by atoms with Gasteiger partial charge in [-0.25, -0.2) is 0 Å². The van der Waals surface area contributed by atoms with E-state index in [4.69, 9.17) is 5.10 Å². The van der Waals surface area contributed by atoms with E-state index in [9.17, 15) is 13.2 Å². The molecule has 6 nitrogen and oxygen atoms in total. The molecule has 4 heterocycles. The molecule has 2 aromatic heterocycles. The Morgan fingerprint density at radius 3 is 2.18 bits per heavy atom. The van der Waals surface area contributed by atoms with Crippen LogP contribution in [0.15, 0.2) is 69.3 Å². The summed E-state index contributed by atoms with van der Waals surface area (Å²) in [6, 6.07) is 18.5. The van der Waals surface area contributed by atoms with Crippen molar-refractivity contribution in [2.24, 2.45) is 0 Å². The van der Waals surface area contributed by atoms with Crippen molar-refractivity contribution in [1.29, 1.82) is 0 Å². The molecule has 2 fully saturated rings. The standard InChI is InChI=1S/C24H20BrN3O3S2/c25-22-20(15-7-3-1-4-8-15)21-23(27-16-11-12-17(27)14-18(29)13-16)26-28(24(21)32-22)33(30,31)19-9-5-2-6-10-19/h1-10,16-17H,11-14H2. The summed E-state index contributed by atoms with van der Waals surface area (Å²) in [7, 11) is -3.89. The number of aromatic nitrogens is 2. The molecule has 0 aliphatic carbocycles. The molecule has 0 spiro atoms. The Morgan fingerprint density at radius 1 is 0.939 bits per heavy atom. The van der Waals surface area contributed by atoms with Crippen LogP contribution >= 0.6 is 27.3 Å². The largest absolute Gasteiger partial charge is 0.348 e. The quantitative estimate of drug-likeness (QED) is 0.342. The maximum Gasteiger partial charge on any atom is 0.284 e. The first-order valence-corrected chi connectivity index (χ1v) is 13.9. The van der Waals surface area contributed by atoms with Crippen LogP contribution in [0.3, 0.4) is 0 Å². The number of nitrogens with zero attached hydrogens (tertiary/aromatic N) is 3. The number of carbonyl (C=O) groups excluding carboxylic acids is 1. The van der Waals surface area contributed by atoms with Crippen LogP contribution in [0.1, 0.15) is 25.7 Å². The number of benzene rings is 2. The highest BCUT2D eigenvalue weighted by molar-refractivity contribution is 9.11. The number of halogens is 1. The van der Waals surface area contributed by atoms with Gasteiger partial charge in [-0.3, -0.25) is 4.79 Å². The third kappa shape index (κ3) is 3.28. The van der Waals surface area contributed by atoms with Crippen LogP contribution in [-0.2, 0) is 14.8 Å². The maximum absolute atomic E-state index is 13.7. The first-order valence-electron chi connectivity index (χ1n) is 10.8. The van der Waals surface area contributed by atoms with E-state index in [2.05, 4.69) is 20.8 Å². The predicted molar refractivity (Wildman–Crippen MR) is 133 cm³/mol. The monoisotopic (exact) mass is 541 g/mol. The average molecular weight is 542 g/mol. The zero-order chi connectivity index (χ0) is 22.7. The van der Waals surface area contributed by atoms with Crippen molar-refractivity contribution in [2.45, 2.75) is 42.7 Å². The summed E-state index contributed by atoms with van der Waals surface area (Å²) < 4.78 is 29.3. The van der Waals surface area contributed by atoms with Crippen LogP contribution in [0.25, 0.3) is 21.3 Å². The molecule has 0 amide bonds. The van der Waals surface area contributed by atoms with Crippen molar-refractivity contribution >= 4 is 59.1 Å². The predicted octanol–water partition coefficient (Wildman–Crippen LogP) is 5.46. The highest BCUT2D eigenvalue weighted by atomic mass is 79.9. The number of carbonyl (C=O) groups is 1. The molecule has 2 saturated heterocycles. The molecule has 4 aromatic rings. The number of ketones is 1. The van der Waals surface area contributed by atoms with Crippen LogP contribution in [0.2, 0.25) is 0 Å². The fourth-order valence-corrected chi connectivity index (χ4v) is 8.53. The summed E-state index contributed by atoms with van der Waals surface area (Å²) >= 11 is 5.08. The minimum absolute atomic E-state index is 0.0597. The van der Waals surface area contributed by atoms with Crippen molar-refractivity contribution in [2.75, 3.05) is 4.90 Å². The lowest BCUT2D eigenvalue weighted by atomic mass is 10.0. The highest BCUT2D eigenvalue weighted by Gasteiger charge is 2.43. The summed E-state index contributed by atoms with van der Waals surface area (Å²) in [4.78, 5) is 15.2. The van der Waals surface area contributed by atoms with Crippen LogP contribution in [0.5, 0.6) is 0 Å². The van der Waals surface area contributed by atoms with Crippen molar-refractivity contribution in [3.8, 4) is 11.1 Å². The first-order chi connectivity index (χ1) is 15.9. The summed E-state index contributed by atoms with van der Waals surface area (Å²) in [6.45, 7) is 0. The molecule has 33 heavy (non-hydrogen) atoms. The summed E-state index contributed by atoms with van der Waals surface area (Å²) in [5.74, 6) is 0.937. The van der Waals surface area contributed by atoms with Gasteiger partial charge in [0.2, 0.25) is 0 Å². The number of hydrogen-bond donors (Lipinski definition) is 0. The van der Waals surface area contributed by atoms with Gasteiger partial charge < -0.3 is 4.90 Å². The molecule has 6 rings (SSSR count). The van der Waals surface area contributed by atoms with E-state index in [1.807, 2.05) is 30.3 Å². The van der Waals surface area contributed by atoms with Crippen LogP contribution in [-0.4, -0.2) is 35.5 Å². The molecule has 2 bridgehead atoms. The van der Waals surface area contributed by atoms with Gasteiger partial charge in [-0.2, -0.15) is 8.42 Å². The van der Waals surface area contributed by atoms with Crippen molar-refractivity contribution in [3.05, 3.63) is 64.5 Å². The second kappa shape index (κ2) is 7.78. The zero-order valence-electron chi connectivity index (χ0n) is 17.5. The number of piperidine rings is 1. The van der Waals surface area contributed by atoms with E-state index >= 15 is 0 Å². The van der Waals surface area contributed by atoms with Crippen molar-refractivity contribution in [3.63, 3.8) is 0 Å². The fourth-order valence-electron chi connectivity index (χ4n) is 5.13. The zero-order valence-corrected chi connectivity index (χ0v) is 20.7. The molecule has 2 atom stereocenters. The Balaban J connectivity index is 1.64. The molecule has 0 N–H and O–H groups in total. The van der Waals surface area contributed by atoms with E-state index in [-0.39, 0.29) is 22.8 Å². The number of Topliss-reactive ketones (excluding diaryl/α,β-unsaturated/α-hetero) is 1. The molecule has 168 valence electrons. The van der Waals surface area contributed by atoms with Gasteiger partial charge in [0.25, 0.3) is 10.0 Å². The van der Waals surface area contributed by atoms with E-state index in [1.165, 1.54) is 15.4 Å². The van der Waals surface area contributed by atoms with Crippen LogP contribution < -0.4 is 4.90 Å². The molecule has 2 aliphatic heterocycles. The molecule has 0 radical (unpaired) electrons. The molecule has 9 heteroatoms. The lowest BCUT2D eigenvalue weighted by molar-refractivity contribution is -0.120. The first kappa shape index (κ1) is 21.1. The minimum Gasteiger partial charge on any atom is -0.348 e. The highest BCUT2D eigenvalue weighted by Crippen LogP contribution is 2.49. The number of anilines is 1. The van der Waals surface area contributed by atoms with Gasteiger partial charge in [-0.1, -0.05) is 48.5 Å². The molecule has 2 aliphatic rings. The van der Waals surface area contributed by atoms with Gasteiger partial charge in [0.15, 0.2) is 5.82 Å². The van der Waals surface area contributed by atoms with Gasteiger partial charge >= 0.3 is 0 Å². The molecular weight excluding hydrogens is 522 g/mol. The van der Waals surface area contributed by atoms with Gasteiger partial charge in [-0.15, -0.1) is 20.5 Å². The molecule has 0 saturated carbocycles. The third-order valence-corrected chi connectivity index (χ3v) is 10.1. The summed E-state index contributed by atoms with van der Waals surface area (Å²) in [5.41, 5.74) is 1.94. The normalized spacial score (nSPS) is 20.6. The maximum atomic E-state index is 13.7. The second-order valence-electron chi connectivity index (χ2n) is 8.52. The summed E-state index contributed by atoms with van der Waals surface area (Å²) in [5, 5.41) is 5.57. The lowest BCUT2D eigenvalue weighted by Crippen LogP contribution is -2.43. The number of rotatable bonds is 4. The Morgan fingerprint density at radius 2 is 1.55 bits per heavy atom. The number of thiophene rings is 1. The van der Waals surface area contributed by atoms with E-state index in [1.54, 1.807) is 30.3 Å². The number of hydrogen-bond acceptors (Lipinski definition) is 6. The minimum atomic E-state index is -3.89. The van der Waals surface area contributed by atoms with Gasteiger partial charge in [0, 0.05) is 30.5 Å². The Bertz CT molecular complexity index is 1460. The summed E-state index contributed by atoms with van der Waals surface area (Å²) in [6.07, 6.45) is 2.81. The molecule has 2 unspecified atom stereocenters.